The summed E-state index contributed by atoms with van der Waals surface area (Å²) >= 11 is 1.96. The van der Waals surface area contributed by atoms with Crippen molar-refractivity contribution in [2.45, 2.75) is 85.6 Å². The van der Waals surface area contributed by atoms with E-state index in [4.69, 9.17) is 16.6 Å². The Bertz CT molecular complexity index is 2340. The van der Waals surface area contributed by atoms with Gasteiger partial charge in [0.25, 0.3) is 11.5 Å². The number of benzene rings is 2. The van der Waals surface area contributed by atoms with Gasteiger partial charge in [-0.05, 0) is 105 Å². The highest BCUT2D eigenvalue weighted by atomic mass is 127. The summed E-state index contributed by atoms with van der Waals surface area (Å²) in [6, 6.07) is 10.1. The highest BCUT2D eigenvalue weighted by Gasteiger charge is 2.34. The van der Waals surface area contributed by atoms with E-state index in [9.17, 15) is 33.6 Å². The Kier molecular flexibility index (Phi) is 19.6. The molecule has 5 amide bonds. The van der Waals surface area contributed by atoms with E-state index in [1.54, 1.807) is 43.5 Å². The van der Waals surface area contributed by atoms with E-state index in [0.717, 1.165) is 51.4 Å². The lowest BCUT2D eigenvalue weighted by Crippen LogP contribution is -2.53. The van der Waals surface area contributed by atoms with Crippen LogP contribution in [0.1, 0.15) is 90.8 Å². The highest BCUT2D eigenvalue weighted by Crippen LogP contribution is 2.32. The van der Waals surface area contributed by atoms with Crippen molar-refractivity contribution in [2.75, 3.05) is 83.8 Å². The molecule has 17 nitrogen and oxygen atoms in total. The maximum atomic E-state index is 13.0. The van der Waals surface area contributed by atoms with Crippen LogP contribution in [0.3, 0.4) is 0 Å². The Morgan fingerprint density at radius 2 is 1.15 bits per heavy atom. The summed E-state index contributed by atoms with van der Waals surface area (Å²) in [4.78, 5) is 99.2. The van der Waals surface area contributed by atoms with E-state index in [-0.39, 0.29) is 64.7 Å². The fourth-order valence-corrected chi connectivity index (χ4v) is 9.72. The maximum Gasteiger partial charge on any atom is 0.328 e. The first kappa shape index (κ1) is 52.2. The number of amides is 5. The normalized spacial score (nSPS) is 20.9. The fourth-order valence-electron chi connectivity index (χ4n) is 9.72. The van der Waals surface area contributed by atoms with E-state index in [1.165, 1.54) is 11.7 Å². The van der Waals surface area contributed by atoms with Crippen LogP contribution in [0.5, 0.6) is 11.5 Å². The molecular formula is C50H73IN8O9. The minimum atomic E-state index is -0.408. The topological polar surface area (TPSA) is 210 Å². The molecule has 4 aliphatic rings. The molecule has 2 aliphatic heterocycles. The number of nitrogens with two attached hydrogens (primary N) is 1. The quantitative estimate of drug-likeness (QED) is 0.133. The third kappa shape index (κ3) is 13.8. The van der Waals surface area contributed by atoms with Crippen LogP contribution in [0, 0.1) is 35.5 Å². The van der Waals surface area contributed by atoms with Crippen molar-refractivity contribution >= 4 is 68.7 Å². The summed E-state index contributed by atoms with van der Waals surface area (Å²) in [5.74, 6) is 2.17. The number of piperazine rings is 2. The fraction of sp³-hybridized carbons (Fsp3) is 0.620. The van der Waals surface area contributed by atoms with Crippen LogP contribution in [0.4, 0.5) is 5.69 Å². The summed E-state index contributed by atoms with van der Waals surface area (Å²) in [6.07, 6.45) is 6.60. The minimum absolute atomic E-state index is 0.00613. The van der Waals surface area contributed by atoms with Crippen molar-refractivity contribution in [1.82, 2.24) is 34.5 Å². The van der Waals surface area contributed by atoms with E-state index in [2.05, 4.69) is 10.3 Å². The van der Waals surface area contributed by atoms with Crippen LogP contribution in [-0.4, -0.2) is 137 Å². The molecule has 0 atom stereocenters. The standard InChI is InChI=1S/C25H34N4O5.C24H36N4O4.CH3I/c1-16(2)22(30)27-10-12-28(13-11-27)23(31)18-6-4-17(5-7-18)15-29-24(32)20-14-19(34-3)8-9-21(20)26-25(29)33;1-16(2)23(30)27-10-12-28(13-11-27)24(31)18-6-4-17(5-7-18)15-26-22(29)20-14-19(32-3)8-9-21(20)25;1-2/h8-9,14,16-18H,4-7,10-13,15H2,1-3H3,(H,26,33);8-9,14,16-18H,4-7,10-13,15,25H2,1-3H3,(H,26,29);1H3/i;;1D. The van der Waals surface area contributed by atoms with Crippen molar-refractivity contribution in [1.29, 1.82) is 0 Å². The summed E-state index contributed by atoms with van der Waals surface area (Å²) in [6.45, 7) is 13.4. The number of hydrogen-bond acceptors (Lipinski definition) is 10. The van der Waals surface area contributed by atoms with Gasteiger partial charge < -0.3 is 45.1 Å². The number of carbonyl (C=O) groups is 5. The van der Waals surface area contributed by atoms with Gasteiger partial charge in [0.05, 0.1) is 30.7 Å². The van der Waals surface area contributed by atoms with Crippen molar-refractivity contribution in [3.05, 3.63) is 62.8 Å². The number of nitrogen functional groups attached to an aromatic ring is 1. The van der Waals surface area contributed by atoms with Crippen molar-refractivity contribution < 1.29 is 34.8 Å². The second kappa shape index (κ2) is 25.5. The molecule has 4 fully saturated rings. The molecule has 2 aliphatic carbocycles. The van der Waals surface area contributed by atoms with Crippen molar-refractivity contribution in [2.24, 2.45) is 35.5 Å². The van der Waals surface area contributed by atoms with Crippen LogP contribution in [0.2, 0.25) is 0 Å². The SMILES string of the molecule is COc1ccc(N)c(C(=O)NCC2CCC(C(=O)N3CCN(C(=O)C(C)C)CC3)CC2)c1.COc1ccc2[nH]c(=O)n(CC3CCC(C(=O)N4CCN(C(=O)C(C)C)CC4)CC3)c(=O)c2c1.[2H]CI. The number of rotatable bonds is 11. The zero-order valence-electron chi connectivity index (χ0n) is 41.7. The van der Waals surface area contributed by atoms with Gasteiger partial charge in [0.1, 0.15) is 11.5 Å². The van der Waals surface area contributed by atoms with E-state index in [0.29, 0.717) is 110 Å². The molecule has 18 heteroatoms. The number of alkyl halides is 1. The first-order valence-electron chi connectivity index (χ1n) is 24.7. The van der Waals surface area contributed by atoms with E-state index in [1.807, 2.05) is 69.9 Å². The molecule has 68 heavy (non-hydrogen) atoms. The average molecular weight is 1060 g/mol. The lowest BCUT2D eigenvalue weighted by atomic mass is 9.81. The lowest BCUT2D eigenvalue weighted by molar-refractivity contribution is -0.144. The summed E-state index contributed by atoms with van der Waals surface area (Å²) in [7, 11) is 3.09. The molecule has 3 aromatic rings. The predicted molar refractivity (Wildman–Crippen MR) is 272 cm³/mol. The number of carbonyl (C=O) groups excluding carboxylic acids is 5. The van der Waals surface area contributed by atoms with Crippen LogP contribution in [0.15, 0.2) is 46.0 Å². The Balaban J connectivity index is 0.000000244. The summed E-state index contributed by atoms with van der Waals surface area (Å²) in [5, 5.41) is 3.41. The molecule has 2 saturated heterocycles. The number of fused-ring (bicyclic) bond motifs is 1. The molecule has 0 spiro atoms. The third-order valence-electron chi connectivity index (χ3n) is 13.9. The van der Waals surface area contributed by atoms with Gasteiger partial charge in [-0.3, -0.25) is 33.3 Å². The van der Waals surface area contributed by atoms with Crippen LogP contribution >= 0.6 is 22.6 Å². The molecular weight excluding hydrogens is 984 g/mol. The Morgan fingerprint density at radius 3 is 1.62 bits per heavy atom. The smallest absolute Gasteiger partial charge is 0.328 e. The Labute approximate surface area is 415 Å². The molecule has 0 radical (unpaired) electrons. The first-order chi connectivity index (χ1) is 33.0. The molecule has 2 aromatic carbocycles. The number of halogens is 1. The number of nitrogens with zero attached hydrogens (tertiary/aromatic N) is 5. The molecule has 0 bridgehead atoms. The molecule has 2 saturated carbocycles. The number of ether oxygens (including phenoxy) is 2. The lowest BCUT2D eigenvalue weighted by Gasteiger charge is -2.38. The van der Waals surface area contributed by atoms with Crippen molar-refractivity contribution in [3.8, 4) is 11.5 Å². The minimum Gasteiger partial charge on any atom is -0.497 e. The summed E-state index contributed by atoms with van der Waals surface area (Å²) in [5.41, 5.74) is 6.55. The second-order valence-corrected chi connectivity index (χ2v) is 19.0. The molecule has 374 valence electrons. The largest absolute Gasteiger partial charge is 0.497 e. The zero-order chi connectivity index (χ0) is 50.4. The number of nitrogens with one attached hydrogen (secondary N) is 2. The molecule has 4 N–H and O–H groups in total. The molecule has 3 heterocycles. The number of anilines is 1. The highest BCUT2D eigenvalue weighted by molar-refractivity contribution is 14.1. The van der Waals surface area contributed by atoms with Crippen LogP contribution < -0.4 is 31.8 Å². The maximum absolute atomic E-state index is 13.0. The van der Waals surface area contributed by atoms with E-state index >= 15 is 0 Å². The Morgan fingerprint density at radius 1 is 0.706 bits per heavy atom. The molecule has 1 aromatic heterocycles. The summed E-state index contributed by atoms with van der Waals surface area (Å²) < 4.78 is 17.9. The first-order valence-corrected chi connectivity index (χ1v) is 25.5. The number of H-pyrrole nitrogens is 1. The van der Waals surface area contributed by atoms with Gasteiger partial charge in [0, 0.05) is 96.2 Å². The molecule has 0 unspecified atom stereocenters. The number of aromatic nitrogens is 2. The monoisotopic (exact) mass is 1060 g/mol. The number of aromatic amines is 1. The van der Waals surface area contributed by atoms with Gasteiger partial charge in [-0.25, -0.2) is 4.79 Å². The van der Waals surface area contributed by atoms with Gasteiger partial charge in [-0.15, -0.1) is 0 Å². The molecule has 7 rings (SSSR count). The Hall–Kier alpha value is -5.14. The third-order valence-corrected chi connectivity index (χ3v) is 13.9. The van der Waals surface area contributed by atoms with Crippen LogP contribution in [0.25, 0.3) is 10.9 Å². The second-order valence-electron chi connectivity index (χ2n) is 19.0. The van der Waals surface area contributed by atoms with Gasteiger partial charge in [0.2, 0.25) is 23.6 Å². The number of hydrogen-bond donors (Lipinski definition) is 3. The average Bonchev–Trinajstić information content (AvgIpc) is 3.36. The van der Waals surface area contributed by atoms with Gasteiger partial charge in [-0.1, -0.05) is 50.3 Å². The number of methoxy groups -OCH3 is 2. The van der Waals surface area contributed by atoms with Gasteiger partial charge in [0.15, 0.2) is 0 Å². The van der Waals surface area contributed by atoms with Gasteiger partial charge in [-0.2, -0.15) is 0 Å². The predicted octanol–water partition coefficient (Wildman–Crippen LogP) is 5.02. The zero-order valence-corrected chi connectivity index (χ0v) is 42.9. The van der Waals surface area contributed by atoms with Gasteiger partial charge >= 0.3 is 5.69 Å². The van der Waals surface area contributed by atoms with E-state index < -0.39 is 5.69 Å². The van der Waals surface area contributed by atoms with Crippen LogP contribution in [-0.2, 0) is 25.7 Å². The van der Waals surface area contributed by atoms with Crippen molar-refractivity contribution in [3.63, 3.8) is 0 Å².